The summed E-state index contributed by atoms with van der Waals surface area (Å²) in [5.74, 6) is -3.99. The normalized spacial score (nSPS) is 13.6. The van der Waals surface area contributed by atoms with E-state index in [2.05, 4.69) is 16.0 Å². The maximum absolute atomic E-state index is 12.5. The van der Waals surface area contributed by atoms with E-state index >= 15 is 0 Å². The number of unbranched alkanes of at least 4 members (excludes halogenated alkanes) is 13. The van der Waals surface area contributed by atoms with Crippen molar-refractivity contribution in [2.24, 2.45) is 0 Å². The van der Waals surface area contributed by atoms with Crippen LogP contribution in [0.2, 0.25) is 0 Å². The first-order valence-corrected chi connectivity index (χ1v) is 17.1. The predicted octanol–water partition coefficient (Wildman–Crippen LogP) is 2.96. The van der Waals surface area contributed by atoms with Crippen LogP contribution in [-0.4, -0.2) is 94.0 Å². The number of hydrogen-bond donors (Lipinski definition) is 7. The van der Waals surface area contributed by atoms with Gasteiger partial charge in [-0.2, -0.15) is 0 Å². The molecule has 0 saturated heterocycles. The van der Waals surface area contributed by atoms with Crippen molar-refractivity contribution in [1.29, 1.82) is 0 Å². The molecule has 14 nitrogen and oxygen atoms in total. The Kier molecular flexibility index (Phi) is 26.1. The number of ketones is 1. The number of aliphatic hydroxyl groups excluding tert-OH is 2. The summed E-state index contributed by atoms with van der Waals surface area (Å²) >= 11 is 0. The molecule has 0 aromatic heterocycles. The van der Waals surface area contributed by atoms with Gasteiger partial charge in [-0.1, -0.05) is 77.0 Å². The van der Waals surface area contributed by atoms with Crippen molar-refractivity contribution in [3.05, 3.63) is 0 Å². The molecule has 0 fully saturated rings. The lowest BCUT2D eigenvalue weighted by Gasteiger charge is -2.23. The zero-order valence-electron chi connectivity index (χ0n) is 28.3. The SMILES string of the molecule is COC(O)[C@H](CCC(=O)N[C@@H](CO)C(C)=O)NC(=O)CC[C@H](NC(=O)CCCCCCCCCCCCCCCCC(=O)O)C(=O)O. The van der Waals surface area contributed by atoms with Crippen LogP contribution in [0, 0.1) is 0 Å². The number of Topliss-reactive ketones (excluding diaryl/α,β-unsaturated/α-hetero) is 1. The van der Waals surface area contributed by atoms with Gasteiger partial charge in [-0.3, -0.25) is 24.0 Å². The maximum atomic E-state index is 12.5. The summed E-state index contributed by atoms with van der Waals surface area (Å²) in [5, 5.41) is 44.8. The number of carboxylic acids is 2. The topological polar surface area (TPSA) is 229 Å². The molecule has 14 heteroatoms. The smallest absolute Gasteiger partial charge is 0.326 e. The molecular weight excluding hydrogens is 614 g/mol. The molecule has 272 valence electrons. The van der Waals surface area contributed by atoms with E-state index < -0.39 is 66.5 Å². The summed E-state index contributed by atoms with van der Waals surface area (Å²) in [6, 6.07) is -3.31. The molecule has 0 saturated carbocycles. The highest BCUT2D eigenvalue weighted by Crippen LogP contribution is 2.14. The molecule has 0 aromatic rings. The Morgan fingerprint density at radius 2 is 0.979 bits per heavy atom. The minimum absolute atomic E-state index is 0.0539. The predicted molar refractivity (Wildman–Crippen MR) is 174 cm³/mol. The van der Waals surface area contributed by atoms with E-state index in [0.717, 1.165) is 51.4 Å². The number of carbonyl (C=O) groups excluding carboxylic acids is 4. The van der Waals surface area contributed by atoms with Crippen LogP contribution in [0.5, 0.6) is 0 Å². The number of carboxylic acid groups (broad SMARTS) is 2. The van der Waals surface area contributed by atoms with Gasteiger partial charge in [-0.25, -0.2) is 4.79 Å². The molecule has 0 aliphatic rings. The van der Waals surface area contributed by atoms with Gasteiger partial charge >= 0.3 is 11.9 Å². The number of hydrogen-bond acceptors (Lipinski definition) is 9. The van der Waals surface area contributed by atoms with Crippen LogP contribution in [0.3, 0.4) is 0 Å². The lowest BCUT2D eigenvalue weighted by Crippen LogP contribution is -2.47. The average Bonchev–Trinajstić information content (AvgIpc) is 3.02. The molecule has 0 aliphatic heterocycles. The molecule has 0 aromatic carbocycles. The zero-order chi connectivity index (χ0) is 35.5. The summed E-state index contributed by atoms with van der Waals surface area (Å²) in [4.78, 5) is 70.5. The van der Waals surface area contributed by atoms with Gasteiger partial charge in [0.25, 0.3) is 0 Å². The summed E-state index contributed by atoms with van der Waals surface area (Å²) in [7, 11) is 1.21. The highest BCUT2D eigenvalue weighted by atomic mass is 16.6. The van der Waals surface area contributed by atoms with E-state index in [-0.39, 0.29) is 38.5 Å². The van der Waals surface area contributed by atoms with Gasteiger partial charge < -0.3 is 41.1 Å². The first-order valence-electron chi connectivity index (χ1n) is 17.1. The lowest BCUT2D eigenvalue weighted by atomic mass is 10.0. The number of ether oxygens (including phenoxy) is 1. The molecule has 0 radical (unpaired) electrons. The van der Waals surface area contributed by atoms with Crippen LogP contribution in [0.4, 0.5) is 0 Å². The van der Waals surface area contributed by atoms with Gasteiger partial charge in [0, 0.05) is 32.8 Å². The largest absolute Gasteiger partial charge is 0.481 e. The number of amides is 3. The molecule has 0 bridgehead atoms. The van der Waals surface area contributed by atoms with Gasteiger partial charge in [0.2, 0.25) is 17.7 Å². The Labute approximate surface area is 278 Å². The minimum atomic E-state index is -1.45. The Morgan fingerprint density at radius 3 is 1.40 bits per heavy atom. The van der Waals surface area contributed by atoms with Gasteiger partial charge in [0.05, 0.1) is 12.6 Å². The van der Waals surface area contributed by atoms with Gasteiger partial charge in [-0.05, 0) is 32.6 Å². The number of carbonyl (C=O) groups is 6. The third-order valence-electron chi connectivity index (χ3n) is 7.96. The quantitative estimate of drug-likeness (QED) is 0.0418. The molecule has 0 rings (SSSR count). The average molecular weight is 674 g/mol. The summed E-state index contributed by atoms with van der Waals surface area (Å²) < 4.78 is 4.86. The zero-order valence-corrected chi connectivity index (χ0v) is 28.3. The Bertz CT molecular complexity index is 932. The first-order chi connectivity index (χ1) is 22.4. The van der Waals surface area contributed by atoms with E-state index in [9.17, 15) is 44.1 Å². The van der Waals surface area contributed by atoms with E-state index in [0.29, 0.717) is 6.42 Å². The second kappa shape index (κ2) is 28.0. The molecule has 1 unspecified atom stereocenters. The molecule has 0 aliphatic carbocycles. The molecule has 0 spiro atoms. The van der Waals surface area contributed by atoms with Crippen molar-refractivity contribution in [2.45, 2.75) is 160 Å². The molecular formula is C33H59N3O11. The lowest BCUT2D eigenvalue weighted by molar-refractivity contribution is -0.142. The third-order valence-corrected chi connectivity index (χ3v) is 7.96. The van der Waals surface area contributed by atoms with E-state index in [1.807, 2.05) is 0 Å². The molecule has 4 atom stereocenters. The van der Waals surface area contributed by atoms with E-state index in [1.54, 1.807) is 0 Å². The number of rotatable bonds is 31. The second-order valence-electron chi connectivity index (χ2n) is 12.1. The van der Waals surface area contributed by atoms with Crippen LogP contribution in [0.1, 0.15) is 135 Å². The molecule has 7 N–H and O–H groups in total. The van der Waals surface area contributed by atoms with Crippen molar-refractivity contribution >= 4 is 35.4 Å². The fourth-order valence-corrected chi connectivity index (χ4v) is 5.04. The number of nitrogens with one attached hydrogen (secondary N) is 3. The van der Waals surface area contributed by atoms with Crippen LogP contribution >= 0.6 is 0 Å². The van der Waals surface area contributed by atoms with Crippen molar-refractivity contribution in [1.82, 2.24) is 16.0 Å². The number of methoxy groups -OCH3 is 1. The van der Waals surface area contributed by atoms with Crippen molar-refractivity contribution in [2.75, 3.05) is 13.7 Å². The Balaban J connectivity index is 4.19. The molecule has 47 heavy (non-hydrogen) atoms. The van der Waals surface area contributed by atoms with E-state index in [1.165, 1.54) is 46.1 Å². The molecule has 0 heterocycles. The maximum Gasteiger partial charge on any atom is 0.326 e. The van der Waals surface area contributed by atoms with Crippen LogP contribution < -0.4 is 16.0 Å². The summed E-state index contributed by atoms with van der Waals surface area (Å²) in [5.41, 5.74) is 0. The standard InChI is InChI=1S/C33H59N3O11/c1-24(38)27(23-37)36-30(41)22-20-26(33(46)47-2)35-29(40)21-19-25(32(44)45)34-28(39)17-15-13-11-9-7-5-3-4-6-8-10-12-14-16-18-31(42)43/h25-27,33,37,46H,3-23H2,1-2H3,(H,34,39)(H,35,40)(H,36,41)(H,42,43)(H,44,45)/t25-,26-,27-,33?/m0/s1. The highest BCUT2D eigenvalue weighted by molar-refractivity contribution is 5.87. The van der Waals surface area contributed by atoms with Crippen molar-refractivity contribution < 1.29 is 53.9 Å². The number of aliphatic hydroxyl groups is 2. The monoisotopic (exact) mass is 673 g/mol. The van der Waals surface area contributed by atoms with Crippen LogP contribution in [-0.2, 0) is 33.5 Å². The summed E-state index contributed by atoms with van der Waals surface area (Å²) in [6.07, 6.45) is 13.1. The first kappa shape index (κ1) is 43.9. The van der Waals surface area contributed by atoms with Crippen molar-refractivity contribution in [3.8, 4) is 0 Å². The fourth-order valence-electron chi connectivity index (χ4n) is 5.04. The van der Waals surface area contributed by atoms with Crippen molar-refractivity contribution in [3.63, 3.8) is 0 Å². The molecule has 3 amide bonds. The Hall–Kier alpha value is -3.10. The minimum Gasteiger partial charge on any atom is -0.481 e. The summed E-state index contributed by atoms with van der Waals surface area (Å²) in [6.45, 7) is 0.659. The highest BCUT2D eigenvalue weighted by Gasteiger charge is 2.25. The van der Waals surface area contributed by atoms with Gasteiger partial charge in [0.1, 0.15) is 12.1 Å². The Morgan fingerprint density at radius 1 is 0.574 bits per heavy atom. The van der Waals surface area contributed by atoms with E-state index in [4.69, 9.17) is 9.84 Å². The van der Waals surface area contributed by atoms with Gasteiger partial charge in [0.15, 0.2) is 12.1 Å². The van der Waals surface area contributed by atoms with Crippen LogP contribution in [0.25, 0.3) is 0 Å². The number of aliphatic carboxylic acids is 2. The third kappa shape index (κ3) is 24.7. The second-order valence-corrected chi connectivity index (χ2v) is 12.1. The van der Waals surface area contributed by atoms with Gasteiger partial charge in [-0.15, -0.1) is 0 Å². The van der Waals surface area contributed by atoms with Crippen LogP contribution in [0.15, 0.2) is 0 Å². The fraction of sp³-hybridized carbons (Fsp3) is 0.818.